The summed E-state index contributed by atoms with van der Waals surface area (Å²) in [5.74, 6) is -0.800. The molecule has 0 radical (unpaired) electrons. The minimum absolute atomic E-state index is 0.0174. The van der Waals surface area contributed by atoms with Crippen LogP contribution in [0.4, 0.5) is 0 Å². The van der Waals surface area contributed by atoms with Gasteiger partial charge in [-0.1, -0.05) is 54.6 Å². The molecule has 2 aromatic heterocycles. The topological polar surface area (TPSA) is 46.2 Å². The van der Waals surface area contributed by atoms with E-state index in [0.29, 0.717) is 0 Å². The van der Waals surface area contributed by atoms with E-state index in [0.717, 1.165) is 11.1 Å². The van der Waals surface area contributed by atoms with Crippen LogP contribution in [0.2, 0.25) is 0 Å². The second-order valence-corrected chi connectivity index (χ2v) is 10.9. The molecule has 2 fully saturated rings. The Morgan fingerprint density at radius 2 is 1.50 bits per heavy atom. The van der Waals surface area contributed by atoms with E-state index in [1.807, 2.05) is 40.9 Å². The smallest absolute Gasteiger partial charge is 0.234 e. The van der Waals surface area contributed by atoms with Gasteiger partial charge in [-0.2, -0.15) is 0 Å². The molecule has 152 valence electrons. The second kappa shape index (κ2) is 5.74. The fourth-order valence-electron chi connectivity index (χ4n) is 5.99. The van der Waals surface area contributed by atoms with Crippen molar-refractivity contribution in [3.63, 3.8) is 0 Å². The van der Waals surface area contributed by atoms with Crippen LogP contribution in [0.15, 0.2) is 66.7 Å². The summed E-state index contributed by atoms with van der Waals surface area (Å²) in [6, 6.07) is 23.4. The molecular weight excluding hydrogens is 434 g/mol. The quantitative estimate of drug-likeness (QED) is 0.391. The van der Waals surface area contributed by atoms with E-state index in [1.54, 1.807) is 0 Å². The van der Waals surface area contributed by atoms with Crippen LogP contribution >= 0.6 is 22.7 Å². The molecule has 3 aliphatic rings. The molecule has 5 aromatic rings. The molecule has 3 nitrogen and oxygen atoms in total. The zero-order valence-electron chi connectivity index (χ0n) is 16.7. The maximum absolute atomic E-state index is 12.7. The van der Waals surface area contributed by atoms with Crippen LogP contribution in [0.1, 0.15) is 5.56 Å². The molecule has 0 spiro atoms. The van der Waals surface area contributed by atoms with Gasteiger partial charge in [0.25, 0.3) is 0 Å². The van der Waals surface area contributed by atoms with Crippen molar-refractivity contribution in [1.82, 2.24) is 5.32 Å². The SMILES string of the molecule is O=C1NC(=O)C2C1C1=c3c(sc4c3sc3cc5ccccc5cc34)=C(c3ccccc3)C12. The van der Waals surface area contributed by atoms with Gasteiger partial charge in [0.2, 0.25) is 11.8 Å². The lowest BCUT2D eigenvalue weighted by Crippen LogP contribution is -2.42. The Morgan fingerprint density at radius 1 is 0.750 bits per heavy atom. The molecule has 1 saturated carbocycles. The van der Waals surface area contributed by atoms with Gasteiger partial charge in [-0.05, 0) is 39.6 Å². The maximum atomic E-state index is 12.7. The maximum Gasteiger partial charge on any atom is 0.234 e. The molecule has 2 aliphatic carbocycles. The van der Waals surface area contributed by atoms with E-state index in [-0.39, 0.29) is 29.6 Å². The molecule has 32 heavy (non-hydrogen) atoms. The average Bonchev–Trinajstić information content (AvgIpc) is 3.45. The number of rotatable bonds is 1. The number of imide groups is 1. The van der Waals surface area contributed by atoms with Crippen molar-refractivity contribution in [2.75, 3.05) is 0 Å². The highest BCUT2D eigenvalue weighted by atomic mass is 32.1. The number of thiophene rings is 2. The molecule has 5 heteroatoms. The van der Waals surface area contributed by atoms with Crippen LogP contribution in [0, 0.1) is 17.8 Å². The van der Waals surface area contributed by atoms with Crippen molar-refractivity contribution in [1.29, 1.82) is 0 Å². The Bertz CT molecular complexity index is 1810. The van der Waals surface area contributed by atoms with E-state index in [9.17, 15) is 9.59 Å². The van der Waals surface area contributed by atoms with Crippen molar-refractivity contribution >= 4 is 75.9 Å². The number of carbonyl (C=O) groups is 2. The Labute approximate surface area is 190 Å². The van der Waals surface area contributed by atoms with Crippen molar-refractivity contribution in [2.45, 2.75) is 0 Å². The molecule has 8 rings (SSSR count). The van der Waals surface area contributed by atoms with Crippen LogP contribution in [0.25, 0.3) is 41.4 Å². The Morgan fingerprint density at radius 3 is 2.31 bits per heavy atom. The molecule has 3 atom stereocenters. The number of fused-ring (bicyclic) bond motifs is 10. The van der Waals surface area contributed by atoms with Gasteiger partial charge in [-0.15, -0.1) is 22.7 Å². The van der Waals surface area contributed by atoms with Gasteiger partial charge in [0, 0.05) is 25.8 Å². The largest absolute Gasteiger partial charge is 0.296 e. The summed E-state index contributed by atoms with van der Waals surface area (Å²) >= 11 is 3.65. The highest BCUT2D eigenvalue weighted by Gasteiger charge is 2.61. The molecule has 3 aromatic carbocycles. The normalized spacial score (nSPS) is 23.6. The van der Waals surface area contributed by atoms with Gasteiger partial charge in [0.05, 0.1) is 21.2 Å². The third-order valence-corrected chi connectivity index (χ3v) is 9.87. The molecule has 3 unspecified atom stereocenters. The molecule has 2 amide bonds. The molecule has 3 heterocycles. The minimum atomic E-state index is -0.311. The van der Waals surface area contributed by atoms with Crippen LogP contribution in [0.3, 0.4) is 0 Å². The van der Waals surface area contributed by atoms with E-state index in [1.165, 1.54) is 45.6 Å². The first kappa shape index (κ1) is 17.3. The fourth-order valence-corrected chi connectivity index (χ4v) is 8.93. The first-order chi connectivity index (χ1) is 15.7. The lowest BCUT2D eigenvalue weighted by molar-refractivity contribution is -0.125. The zero-order chi connectivity index (χ0) is 21.1. The number of nitrogens with one attached hydrogen (secondary N) is 1. The molecular formula is C27H15NO2S2. The molecule has 1 N–H and O–H groups in total. The van der Waals surface area contributed by atoms with Gasteiger partial charge in [-0.3, -0.25) is 14.9 Å². The van der Waals surface area contributed by atoms with Gasteiger partial charge in [-0.25, -0.2) is 0 Å². The number of amides is 2. The lowest BCUT2D eigenvalue weighted by atomic mass is 9.60. The van der Waals surface area contributed by atoms with Crippen molar-refractivity contribution in [2.24, 2.45) is 17.8 Å². The number of hydrogen-bond donors (Lipinski definition) is 1. The van der Waals surface area contributed by atoms with E-state index in [2.05, 4.69) is 53.8 Å². The predicted molar refractivity (Wildman–Crippen MR) is 130 cm³/mol. The highest BCUT2D eigenvalue weighted by molar-refractivity contribution is 7.32. The van der Waals surface area contributed by atoms with Crippen LogP contribution in [-0.2, 0) is 9.59 Å². The third-order valence-electron chi connectivity index (χ3n) is 7.32. The Balaban J connectivity index is 1.54. The standard InChI is InChI=1S/C27H15NO2S2/c29-26-20-18-17(12-6-2-1-3-7-12)24-22(19(18)21(20)27(30)28-26)25-23(32-24)15-10-13-8-4-5-9-14(13)11-16(15)31-25/h1-11,18,20-21H,(H,28,29,30). The van der Waals surface area contributed by atoms with Gasteiger partial charge in [0.15, 0.2) is 0 Å². The van der Waals surface area contributed by atoms with Crippen LogP contribution in [-0.4, -0.2) is 11.8 Å². The van der Waals surface area contributed by atoms with Crippen molar-refractivity contribution < 1.29 is 9.59 Å². The summed E-state index contributed by atoms with van der Waals surface area (Å²) in [6.45, 7) is 0. The lowest BCUT2D eigenvalue weighted by Gasteiger charge is -2.39. The highest BCUT2D eigenvalue weighted by Crippen LogP contribution is 2.56. The Hall–Kier alpha value is -3.28. The summed E-state index contributed by atoms with van der Waals surface area (Å²) in [4.78, 5) is 25.3. The monoisotopic (exact) mass is 449 g/mol. The first-order valence-electron chi connectivity index (χ1n) is 10.7. The van der Waals surface area contributed by atoms with Crippen molar-refractivity contribution in [3.8, 4) is 0 Å². The number of benzene rings is 3. The van der Waals surface area contributed by atoms with Gasteiger partial charge >= 0.3 is 0 Å². The summed E-state index contributed by atoms with van der Waals surface area (Å²) in [6.07, 6.45) is 0. The molecule has 1 saturated heterocycles. The second-order valence-electron chi connectivity index (χ2n) is 8.83. The van der Waals surface area contributed by atoms with Gasteiger partial charge < -0.3 is 0 Å². The Kier molecular flexibility index (Phi) is 3.10. The number of carbonyl (C=O) groups excluding carboxylic acids is 2. The van der Waals surface area contributed by atoms with Gasteiger partial charge in [0.1, 0.15) is 0 Å². The summed E-state index contributed by atoms with van der Waals surface area (Å²) in [7, 11) is 0. The number of hydrogen-bond acceptors (Lipinski definition) is 4. The minimum Gasteiger partial charge on any atom is -0.296 e. The van der Waals surface area contributed by atoms with Crippen LogP contribution < -0.4 is 15.1 Å². The predicted octanol–water partition coefficient (Wildman–Crippen LogP) is 4.15. The molecule has 0 bridgehead atoms. The molecule has 1 aliphatic heterocycles. The van der Waals surface area contributed by atoms with E-state index < -0.39 is 0 Å². The summed E-state index contributed by atoms with van der Waals surface area (Å²) in [5.41, 5.74) is 3.54. The summed E-state index contributed by atoms with van der Waals surface area (Å²) < 4.78 is 5.10. The fraction of sp³-hybridized carbons (Fsp3) is 0.111. The van der Waals surface area contributed by atoms with Crippen molar-refractivity contribution in [3.05, 3.63) is 82.0 Å². The summed E-state index contributed by atoms with van der Waals surface area (Å²) in [5, 5.41) is 7.60. The van der Waals surface area contributed by atoms with E-state index in [4.69, 9.17) is 0 Å². The zero-order valence-corrected chi connectivity index (χ0v) is 18.3. The first-order valence-corrected chi connectivity index (χ1v) is 12.4. The average molecular weight is 450 g/mol. The third kappa shape index (κ3) is 1.93. The van der Waals surface area contributed by atoms with Crippen LogP contribution in [0.5, 0.6) is 0 Å². The van der Waals surface area contributed by atoms with E-state index >= 15 is 0 Å².